The summed E-state index contributed by atoms with van der Waals surface area (Å²) in [6.07, 6.45) is 2.58. The molecule has 166 valence electrons. The first-order chi connectivity index (χ1) is 14.7. The van der Waals surface area contributed by atoms with Gasteiger partial charge < -0.3 is 15.0 Å². The van der Waals surface area contributed by atoms with Crippen LogP contribution < -0.4 is 10.2 Å². The maximum absolute atomic E-state index is 13.5. The summed E-state index contributed by atoms with van der Waals surface area (Å²) in [5.41, 5.74) is -0.476. The number of alkyl halides is 2. The molecule has 0 unspecified atom stereocenters. The van der Waals surface area contributed by atoms with E-state index in [0.29, 0.717) is 31.2 Å². The number of carbonyl (C=O) groups is 1. The first-order valence-corrected chi connectivity index (χ1v) is 10.1. The monoisotopic (exact) mass is 433 g/mol. The number of anilines is 2. The average molecular weight is 433 g/mol. The molecule has 9 nitrogen and oxygen atoms in total. The molecule has 1 aliphatic heterocycles. The Bertz CT molecular complexity index is 1080. The van der Waals surface area contributed by atoms with Crippen molar-refractivity contribution in [2.24, 2.45) is 0 Å². The van der Waals surface area contributed by atoms with Gasteiger partial charge in [-0.05, 0) is 33.3 Å². The number of ether oxygens (including phenoxy) is 1. The lowest BCUT2D eigenvalue weighted by atomic mass is 10.1. The average Bonchev–Trinajstić information content (AvgIpc) is 3.23. The van der Waals surface area contributed by atoms with Crippen LogP contribution in [0.15, 0.2) is 24.7 Å². The molecular weight excluding hydrogens is 408 g/mol. The van der Waals surface area contributed by atoms with Crippen molar-refractivity contribution in [1.82, 2.24) is 24.4 Å². The molecule has 4 heterocycles. The Kier molecular flexibility index (Phi) is 5.61. The molecule has 0 saturated carbocycles. The van der Waals surface area contributed by atoms with Gasteiger partial charge in [-0.15, -0.1) is 0 Å². The SMILES string of the molecule is CC(C)(C)n1cc(NC(=O)c2cnn3ccc(N4CCCOCC4)nc23)c(C(F)F)n1. The minimum atomic E-state index is -2.82. The second-order valence-corrected chi connectivity index (χ2v) is 8.36. The number of halogens is 2. The highest BCUT2D eigenvalue weighted by Crippen LogP contribution is 2.29. The van der Waals surface area contributed by atoms with Crippen LogP contribution in [0.1, 0.15) is 49.7 Å². The first-order valence-electron chi connectivity index (χ1n) is 10.1. The Morgan fingerprint density at radius 2 is 2.06 bits per heavy atom. The zero-order chi connectivity index (χ0) is 22.2. The van der Waals surface area contributed by atoms with Gasteiger partial charge in [-0.2, -0.15) is 10.2 Å². The van der Waals surface area contributed by atoms with Gasteiger partial charge in [-0.3, -0.25) is 9.48 Å². The standard InChI is InChI=1S/C20H25F2N7O2/c1-20(2,3)29-12-14(16(26-29)17(21)22)24-19(30)13-11-23-28-7-5-15(25-18(13)28)27-6-4-9-31-10-8-27/h5,7,11-12,17H,4,6,8-10H2,1-3H3,(H,24,30). The topological polar surface area (TPSA) is 89.6 Å². The van der Waals surface area contributed by atoms with Crippen molar-refractivity contribution < 1.29 is 18.3 Å². The van der Waals surface area contributed by atoms with E-state index in [9.17, 15) is 13.6 Å². The van der Waals surface area contributed by atoms with Crippen molar-refractivity contribution in [2.75, 3.05) is 36.5 Å². The fourth-order valence-electron chi connectivity index (χ4n) is 3.35. The number of amides is 1. The van der Waals surface area contributed by atoms with Crippen molar-refractivity contribution in [3.63, 3.8) is 0 Å². The van der Waals surface area contributed by atoms with Crippen molar-refractivity contribution in [3.8, 4) is 0 Å². The number of nitrogens with one attached hydrogen (secondary N) is 1. The number of nitrogens with zero attached hydrogens (tertiary/aromatic N) is 6. The van der Waals surface area contributed by atoms with Crippen LogP contribution in [0.4, 0.5) is 20.3 Å². The molecule has 1 N–H and O–H groups in total. The maximum Gasteiger partial charge on any atom is 0.284 e. The predicted molar refractivity (Wildman–Crippen MR) is 111 cm³/mol. The summed E-state index contributed by atoms with van der Waals surface area (Å²) in [4.78, 5) is 19.6. The van der Waals surface area contributed by atoms with E-state index < -0.39 is 23.6 Å². The lowest BCUT2D eigenvalue weighted by molar-refractivity contribution is 0.102. The molecule has 1 fully saturated rings. The molecule has 3 aromatic heterocycles. The maximum atomic E-state index is 13.5. The molecule has 3 aromatic rings. The molecule has 0 aliphatic carbocycles. The third-order valence-electron chi connectivity index (χ3n) is 5.03. The van der Waals surface area contributed by atoms with Gasteiger partial charge in [-0.1, -0.05) is 0 Å². The van der Waals surface area contributed by atoms with Crippen molar-refractivity contribution in [1.29, 1.82) is 0 Å². The molecule has 0 radical (unpaired) electrons. The van der Waals surface area contributed by atoms with Gasteiger partial charge >= 0.3 is 0 Å². The highest BCUT2D eigenvalue weighted by molar-refractivity contribution is 6.08. The largest absolute Gasteiger partial charge is 0.380 e. The number of hydrogen-bond acceptors (Lipinski definition) is 6. The molecule has 31 heavy (non-hydrogen) atoms. The van der Waals surface area contributed by atoms with Crippen molar-refractivity contribution in [3.05, 3.63) is 35.9 Å². The molecule has 0 bridgehead atoms. The molecule has 0 atom stereocenters. The van der Waals surface area contributed by atoms with Crippen LogP contribution in [0.2, 0.25) is 0 Å². The Morgan fingerprint density at radius 1 is 1.26 bits per heavy atom. The smallest absolute Gasteiger partial charge is 0.284 e. The summed E-state index contributed by atoms with van der Waals surface area (Å²) in [5, 5.41) is 10.7. The van der Waals surface area contributed by atoms with E-state index in [1.54, 1.807) is 6.20 Å². The van der Waals surface area contributed by atoms with E-state index in [0.717, 1.165) is 13.0 Å². The highest BCUT2D eigenvalue weighted by atomic mass is 19.3. The van der Waals surface area contributed by atoms with E-state index in [1.165, 1.54) is 21.6 Å². The highest BCUT2D eigenvalue weighted by Gasteiger charge is 2.25. The summed E-state index contributed by atoms with van der Waals surface area (Å²) < 4.78 is 35.4. The molecule has 1 saturated heterocycles. The van der Waals surface area contributed by atoms with Crippen molar-refractivity contribution >= 4 is 23.1 Å². The molecule has 0 aromatic carbocycles. The number of hydrogen-bond donors (Lipinski definition) is 1. The number of rotatable bonds is 4. The second kappa shape index (κ2) is 8.22. The fraction of sp³-hybridized carbons (Fsp3) is 0.500. The molecule has 1 amide bonds. The Hall–Kier alpha value is -3.08. The Morgan fingerprint density at radius 3 is 2.81 bits per heavy atom. The van der Waals surface area contributed by atoms with E-state index in [-0.39, 0.29) is 11.3 Å². The minimum Gasteiger partial charge on any atom is -0.380 e. The normalized spacial score (nSPS) is 15.5. The fourth-order valence-corrected chi connectivity index (χ4v) is 3.35. The van der Waals surface area contributed by atoms with Crippen LogP contribution in [-0.2, 0) is 10.3 Å². The van der Waals surface area contributed by atoms with Crippen LogP contribution in [0.25, 0.3) is 5.65 Å². The lowest BCUT2D eigenvalue weighted by Crippen LogP contribution is -2.27. The van der Waals surface area contributed by atoms with Crippen molar-refractivity contribution in [2.45, 2.75) is 39.2 Å². The predicted octanol–water partition coefficient (Wildman–Crippen LogP) is 3.10. The summed E-state index contributed by atoms with van der Waals surface area (Å²) in [6, 6.07) is 1.83. The van der Waals surface area contributed by atoms with E-state index in [2.05, 4.69) is 25.4 Å². The summed E-state index contributed by atoms with van der Waals surface area (Å²) in [5.74, 6) is 0.135. The Balaban J connectivity index is 1.64. The Labute approximate surface area is 178 Å². The van der Waals surface area contributed by atoms with E-state index >= 15 is 0 Å². The quantitative estimate of drug-likeness (QED) is 0.680. The molecule has 1 aliphatic rings. The number of fused-ring (bicyclic) bond motifs is 1. The van der Waals surface area contributed by atoms with Gasteiger partial charge in [0.15, 0.2) is 11.3 Å². The van der Waals surface area contributed by atoms with Gasteiger partial charge in [0.2, 0.25) is 0 Å². The van der Waals surface area contributed by atoms with Gasteiger partial charge in [0.05, 0.1) is 24.0 Å². The zero-order valence-electron chi connectivity index (χ0n) is 17.7. The van der Waals surface area contributed by atoms with Gasteiger partial charge in [-0.25, -0.2) is 18.3 Å². The molecule has 0 spiro atoms. The van der Waals surface area contributed by atoms with Crippen LogP contribution in [0, 0.1) is 0 Å². The molecular formula is C20H25F2N7O2. The van der Waals surface area contributed by atoms with Crippen LogP contribution >= 0.6 is 0 Å². The summed E-state index contributed by atoms with van der Waals surface area (Å²) >= 11 is 0. The number of carbonyl (C=O) groups excluding carboxylic acids is 1. The van der Waals surface area contributed by atoms with Gasteiger partial charge in [0.25, 0.3) is 12.3 Å². The molecule has 4 rings (SSSR count). The third-order valence-corrected chi connectivity index (χ3v) is 5.03. The van der Waals surface area contributed by atoms with Gasteiger partial charge in [0, 0.05) is 32.1 Å². The van der Waals surface area contributed by atoms with Crippen LogP contribution in [-0.4, -0.2) is 56.6 Å². The van der Waals surface area contributed by atoms with Gasteiger partial charge in [0.1, 0.15) is 11.4 Å². The van der Waals surface area contributed by atoms with E-state index in [1.807, 2.05) is 26.8 Å². The van der Waals surface area contributed by atoms with E-state index in [4.69, 9.17) is 4.74 Å². The third kappa shape index (κ3) is 4.36. The number of aromatic nitrogens is 5. The first kappa shape index (κ1) is 21.2. The summed E-state index contributed by atoms with van der Waals surface area (Å²) in [7, 11) is 0. The zero-order valence-corrected chi connectivity index (χ0v) is 17.7. The minimum absolute atomic E-state index is 0.0323. The summed E-state index contributed by atoms with van der Waals surface area (Å²) in [6.45, 7) is 8.31. The van der Waals surface area contributed by atoms with Crippen LogP contribution in [0.5, 0.6) is 0 Å². The van der Waals surface area contributed by atoms with Crippen LogP contribution in [0.3, 0.4) is 0 Å². The molecule has 11 heteroatoms. The second-order valence-electron chi connectivity index (χ2n) is 8.36. The lowest BCUT2D eigenvalue weighted by Gasteiger charge is -2.20.